The van der Waals surface area contributed by atoms with Crippen LogP contribution in [0.15, 0.2) is 6.07 Å². The number of benzene rings is 3. The second kappa shape index (κ2) is 13.1. The summed E-state index contributed by atoms with van der Waals surface area (Å²) in [7, 11) is 0. The van der Waals surface area contributed by atoms with Gasteiger partial charge in [0.2, 0.25) is 17.2 Å². The zero-order chi connectivity index (χ0) is 40.4. The number of esters is 3. The van der Waals surface area contributed by atoms with Crippen LogP contribution in [0.1, 0.15) is 120 Å². The third-order valence-electron chi connectivity index (χ3n) is 7.17. The molecule has 284 valence electrons. The van der Waals surface area contributed by atoms with Gasteiger partial charge in [0.25, 0.3) is 0 Å². The van der Waals surface area contributed by atoms with Gasteiger partial charge in [0.05, 0.1) is 16.7 Å². The average molecular weight is 731 g/mol. The summed E-state index contributed by atoms with van der Waals surface area (Å²) in [5.74, 6) is -15.5. The first-order valence-corrected chi connectivity index (χ1v) is 15.9. The predicted octanol–water partition coefficient (Wildman–Crippen LogP) is 6.53. The number of phenols is 9. The van der Waals surface area contributed by atoms with Crippen molar-refractivity contribution in [3.8, 4) is 74.0 Å². The number of hydrogen-bond donors (Lipinski definition) is 9. The quantitative estimate of drug-likeness (QED) is 0.0767. The van der Waals surface area contributed by atoms with Crippen molar-refractivity contribution < 1.29 is 74.6 Å². The lowest BCUT2D eigenvalue weighted by molar-refractivity contribution is 0.00532. The molecule has 0 saturated heterocycles. The first kappa shape index (κ1) is 40.7. The molecule has 0 spiro atoms. The summed E-state index contributed by atoms with van der Waals surface area (Å²) in [6.07, 6.45) is 0. The van der Waals surface area contributed by atoms with Crippen molar-refractivity contribution in [2.24, 2.45) is 0 Å². The van der Waals surface area contributed by atoms with Crippen molar-refractivity contribution in [1.82, 2.24) is 0 Å². The largest absolute Gasteiger partial charge is 0.504 e. The fourth-order valence-electron chi connectivity index (χ4n) is 5.34. The van der Waals surface area contributed by atoms with Crippen LogP contribution >= 0.6 is 0 Å². The first-order chi connectivity index (χ1) is 23.3. The van der Waals surface area contributed by atoms with Gasteiger partial charge in [-0.2, -0.15) is 0 Å². The Morgan fingerprint density at radius 2 is 0.750 bits per heavy atom. The highest BCUT2D eigenvalue weighted by Gasteiger charge is 2.42. The van der Waals surface area contributed by atoms with Crippen LogP contribution in [0.3, 0.4) is 0 Å². The van der Waals surface area contributed by atoms with E-state index < -0.39 is 131 Å². The molecule has 0 aliphatic rings. The van der Waals surface area contributed by atoms with Gasteiger partial charge in [0.15, 0.2) is 34.5 Å². The smallest absolute Gasteiger partial charge is 0.340 e. The SMILES string of the molecule is CC(C)(C)OC(=O)c1cc(O)c(O)c(O)c1-c1c(O)c(O)c(O)c(-c2c(O)c(O)c(O)c(C(C)(C)C)c2C(=O)OC(C)(C)C)c1C(=O)OC(C)(C)C. The number of aromatic hydroxyl groups is 9. The van der Waals surface area contributed by atoms with Gasteiger partial charge in [-0.25, -0.2) is 14.4 Å². The Kier molecular flexibility index (Phi) is 10.3. The second-order valence-electron chi connectivity index (χ2n) is 16.1. The summed E-state index contributed by atoms with van der Waals surface area (Å²) < 4.78 is 16.6. The monoisotopic (exact) mass is 730 g/mol. The number of carbonyl (C=O) groups excluding carboxylic acids is 3. The molecule has 0 saturated carbocycles. The van der Waals surface area contributed by atoms with E-state index in [1.165, 1.54) is 83.1 Å². The normalized spacial score (nSPS) is 12.4. The summed E-state index contributed by atoms with van der Waals surface area (Å²) in [5.41, 5.74) is -12.0. The van der Waals surface area contributed by atoms with Crippen molar-refractivity contribution >= 4 is 17.9 Å². The molecule has 9 N–H and O–H groups in total. The number of phenolic OH excluding ortho intramolecular Hbond substituents is 9. The molecular weight excluding hydrogens is 684 g/mol. The summed E-state index contributed by atoms with van der Waals surface area (Å²) in [6, 6.07) is 0.633. The van der Waals surface area contributed by atoms with E-state index in [-0.39, 0.29) is 5.56 Å². The van der Waals surface area contributed by atoms with E-state index in [9.17, 15) is 60.3 Å². The van der Waals surface area contributed by atoms with Crippen LogP contribution in [0.4, 0.5) is 0 Å². The standard InChI is InChI=1S/C37H46O15/c1-34(2,3)22-21(33(49)52-37(10,11)12)19(27(43)30(46)28(22)44)18-20(32(48)51-36(7,8)9)17(25(41)29(45)26(18)42)16-14(31(47)50-35(4,5)6)13-15(38)23(39)24(16)40/h13,38-46H,1-12H3. The van der Waals surface area contributed by atoms with E-state index in [4.69, 9.17) is 14.2 Å². The molecule has 0 atom stereocenters. The van der Waals surface area contributed by atoms with Crippen molar-refractivity contribution in [1.29, 1.82) is 0 Å². The van der Waals surface area contributed by atoms with E-state index >= 15 is 0 Å². The van der Waals surface area contributed by atoms with Crippen LogP contribution in [0, 0.1) is 0 Å². The lowest BCUT2D eigenvalue weighted by Crippen LogP contribution is -2.28. The van der Waals surface area contributed by atoms with Gasteiger partial charge in [-0.1, -0.05) is 20.8 Å². The molecule has 0 unspecified atom stereocenters. The minimum absolute atomic E-state index is 0.365. The highest BCUT2D eigenvalue weighted by molar-refractivity contribution is 6.15. The van der Waals surface area contributed by atoms with Crippen molar-refractivity contribution in [3.63, 3.8) is 0 Å². The van der Waals surface area contributed by atoms with Gasteiger partial charge in [0.1, 0.15) is 16.8 Å². The number of rotatable bonds is 5. The minimum atomic E-state index is -1.48. The van der Waals surface area contributed by atoms with Crippen molar-refractivity contribution in [2.45, 2.75) is 105 Å². The molecule has 3 rings (SSSR count). The highest BCUT2D eigenvalue weighted by Crippen LogP contribution is 2.60. The number of carbonyl (C=O) groups is 3. The van der Waals surface area contributed by atoms with E-state index in [1.54, 1.807) is 0 Å². The zero-order valence-electron chi connectivity index (χ0n) is 31.1. The maximum absolute atomic E-state index is 14.3. The van der Waals surface area contributed by atoms with Gasteiger partial charge in [-0.3, -0.25) is 0 Å². The molecule has 0 aromatic heterocycles. The van der Waals surface area contributed by atoms with Crippen molar-refractivity contribution in [2.75, 3.05) is 0 Å². The van der Waals surface area contributed by atoms with Crippen LogP contribution < -0.4 is 0 Å². The fourth-order valence-corrected chi connectivity index (χ4v) is 5.34. The molecule has 0 heterocycles. The molecule has 0 amide bonds. The Labute approximate surface area is 299 Å². The summed E-state index contributed by atoms with van der Waals surface area (Å²) in [5, 5.41) is 100. The lowest BCUT2D eigenvalue weighted by Gasteiger charge is -2.30. The maximum Gasteiger partial charge on any atom is 0.340 e. The predicted molar refractivity (Wildman–Crippen MR) is 187 cm³/mol. The molecule has 15 heteroatoms. The Bertz CT molecular complexity index is 1980. The Balaban J connectivity index is 2.89. The van der Waals surface area contributed by atoms with Gasteiger partial charge in [-0.15, -0.1) is 0 Å². The molecule has 0 bridgehead atoms. The molecule has 0 radical (unpaired) electrons. The van der Waals surface area contributed by atoms with E-state index in [1.807, 2.05) is 0 Å². The van der Waals surface area contributed by atoms with Gasteiger partial charge in [-0.05, 0) is 73.8 Å². The first-order valence-electron chi connectivity index (χ1n) is 15.9. The molecule has 0 fully saturated rings. The zero-order valence-corrected chi connectivity index (χ0v) is 31.1. The van der Waals surface area contributed by atoms with Gasteiger partial charge < -0.3 is 60.2 Å². The molecular formula is C37H46O15. The summed E-state index contributed by atoms with van der Waals surface area (Å²) in [6.45, 7) is 17.7. The molecule has 0 aliphatic carbocycles. The summed E-state index contributed by atoms with van der Waals surface area (Å²) >= 11 is 0. The van der Waals surface area contributed by atoms with E-state index in [0.29, 0.717) is 6.07 Å². The maximum atomic E-state index is 14.3. The summed E-state index contributed by atoms with van der Waals surface area (Å²) in [4.78, 5) is 42.0. The third-order valence-corrected chi connectivity index (χ3v) is 7.17. The number of ether oxygens (including phenoxy) is 3. The average Bonchev–Trinajstić information content (AvgIpc) is 2.94. The molecule has 0 aliphatic heterocycles. The molecule has 52 heavy (non-hydrogen) atoms. The van der Waals surface area contributed by atoms with Crippen LogP contribution in [0.2, 0.25) is 0 Å². The third kappa shape index (κ3) is 7.77. The Morgan fingerprint density at radius 1 is 0.423 bits per heavy atom. The van der Waals surface area contributed by atoms with E-state index in [2.05, 4.69) is 0 Å². The van der Waals surface area contributed by atoms with Crippen LogP contribution in [-0.4, -0.2) is 80.7 Å². The lowest BCUT2D eigenvalue weighted by atomic mass is 9.77. The van der Waals surface area contributed by atoms with Crippen molar-refractivity contribution in [3.05, 3.63) is 28.3 Å². The Morgan fingerprint density at radius 3 is 1.15 bits per heavy atom. The van der Waals surface area contributed by atoms with Gasteiger partial charge in [0, 0.05) is 27.8 Å². The van der Waals surface area contributed by atoms with Crippen LogP contribution in [0.5, 0.6) is 51.7 Å². The van der Waals surface area contributed by atoms with E-state index in [0.717, 1.165) is 0 Å². The fraction of sp³-hybridized carbons (Fsp3) is 0.432. The van der Waals surface area contributed by atoms with Gasteiger partial charge >= 0.3 is 17.9 Å². The van der Waals surface area contributed by atoms with Crippen LogP contribution in [0.25, 0.3) is 22.3 Å². The van der Waals surface area contributed by atoms with Crippen LogP contribution in [-0.2, 0) is 19.6 Å². The second-order valence-corrected chi connectivity index (χ2v) is 16.1. The topological polar surface area (TPSA) is 261 Å². The highest BCUT2D eigenvalue weighted by atomic mass is 16.6. The number of hydrogen-bond acceptors (Lipinski definition) is 15. The minimum Gasteiger partial charge on any atom is -0.504 e. The Hall–Kier alpha value is -5.73. The molecule has 3 aromatic rings. The molecule has 3 aromatic carbocycles. The molecule has 15 nitrogen and oxygen atoms in total.